The summed E-state index contributed by atoms with van der Waals surface area (Å²) in [5.41, 5.74) is 10.0. The van der Waals surface area contributed by atoms with Gasteiger partial charge in [0.1, 0.15) is 5.82 Å². The number of halogens is 1. The predicted molar refractivity (Wildman–Crippen MR) is 64.8 cm³/mol. The largest absolute Gasteiger partial charge is 0.398 e. The summed E-state index contributed by atoms with van der Waals surface area (Å²) >= 11 is 0. The van der Waals surface area contributed by atoms with Crippen LogP contribution in [0, 0.1) is 12.7 Å². The zero-order valence-electron chi connectivity index (χ0n) is 9.20. The monoisotopic (exact) mass is 215 g/mol. The average molecular weight is 215 g/mol. The summed E-state index contributed by atoms with van der Waals surface area (Å²) in [7, 11) is 0. The zero-order valence-corrected chi connectivity index (χ0v) is 9.20. The Morgan fingerprint density at radius 2 is 1.75 bits per heavy atom. The minimum atomic E-state index is -0.207. The van der Waals surface area contributed by atoms with E-state index < -0.39 is 0 Å². The van der Waals surface area contributed by atoms with Crippen LogP contribution in [0.15, 0.2) is 42.5 Å². The number of rotatable bonds is 2. The van der Waals surface area contributed by atoms with Gasteiger partial charge >= 0.3 is 0 Å². The topological polar surface area (TPSA) is 26.0 Å². The molecule has 0 unspecified atom stereocenters. The van der Waals surface area contributed by atoms with E-state index in [1.165, 1.54) is 17.7 Å². The molecule has 2 rings (SSSR count). The Morgan fingerprint density at radius 1 is 1.06 bits per heavy atom. The van der Waals surface area contributed by atoms with Crippen molar-refractivity contribution in [3.8, 4) is 0 Å². The van der Waals surface area contributed by atoms with Crippen molar-refractivity contribution in [1.29, 1.82) is 0 Å². The van der Waals surface area contributed by atoms with Gasteiger partial charge in [-0.1, -0.05) is 29.8 Å². The van der Waals surface area contributed by atoms with Gasteiger partial charge in [-0.3, -0.25) is 0 Å². The fraction of sp³-hybridized carbons (Fsp3) is 0.143. The molecule has 0 radical (unpaired) electrons. The summed E-state index contributed by atoms with van der Waals surface area (Å²) in [4.78, 5) is 0. The van der Waals surface area contributed by atoms with Crippen LogP contribution >= 0.6 is 0 Å². The molecular weight excluding hydrogens is 201 g/mol. The Kier molecular flexibility index (Phi) is 2.91. The first-order valence-corrected chi connectivity index (χ1v) is 5.24. The number of hydrogen-bond donors (Lipinski definition) is 1. The van der Waals surface area contributed by atoms with Crippen LogP contribution in [0.25, 0.3) is 0 Å². The van der Waals surface area contributed by atoms with Crippen LogP contribution in [0.5, 0.6) is 0 Å². The van der Waals surface area contributed by atoms with E-state index in [2.05, 4.69) is 6.07 Å². The van der Waals surface area contributed by atoms with Crippen molar-refractivity contribution in [3.63, 3.8) is 0 Å². The molecule has 0 amide bonds. The lowest BCUT2D eigenvalue weighted by Gasteiger charge is -2.07. The maximum Gasteiger partial charge on any atom is 0.123 e. The van der Waals surface area contributed by atoms with Crippen LogP contribution in [-0.2, 0) is 6.42 Å². The SMILES string of the molecule is Cc1ccc(N)c(Cc2ccc(F)cc2)c1. The maximum atomic E-state index is 12.7. The molecule has 0 spiro atoms. The van der Waals surface area contributed by atoms with E-state index in [-0.39, 0.29) is 5.82 Å². The van der Waals surface area contributed by atoms with Crippen LogP contribution in [0.1, 0.15) is 16.7 Å². The van der Waals surface area contributed by atoms with E-state index in [4.69, 9.17) is 5.73 Å². The van der Waals surface area contributed by atoms with Crippen molar-refractivity contribution < 1.29 is 4.39 Å². The number of nitrogen functional groups attached to an aromatic ring is 1. The molecule has 0 aliphatic rings. The zero-order chi connectivity index (χ0) is 11.5. The maximum absolute atomic E-state index is 12.7. The standard InChI is InChI=1S/C14H14FN/c1-10-2-7-14(16)12(8-10)9-11-3-5-13(15)6-4-11/h2-8H,9,16H2,1H3. The van der Waals surface area contributed by atoms with E-state index in [0.717, 1.165) is 23.2 Å². The molecule has 2 N–H and O–H groups in total. The highest BCUT2D eigenvalue weighted by Crippen LogP contribution is 2.18. The number of anilines is 1. The molecule has 0 saturated heterocycles. The molecule has 2 aromatic carbocycles. The van der Waals surface area contributed by atoms with Gasteiger partial charge in [0.15, 0.2) is 0 Å². The van der Waals surface area contributed by atoms with Gasteiger partial charge in [0.05, 0.1) is 0 Å². The molecule has 0 fully saturated rings. The van der Waals surface area contributed by atoms with Crippen molar-refractivity contribution in [1.82, 2.24) is 0 Å². The highest BCUT2D eigenvalue weighted by atomic mass is 19.1. The second-order valence-corrected chi connectivity index (χ2v) is 4.01. The molecule has 0 atom stereocenters. The molecule has 0 heterocycles. The van der Waals surface area contributed by atoms with E-state index >= 15 is 0 Å². The molecule has 0 aliphatic carbocycles. The van der Waals surface area contributed by atoms with E-state index in [1.54, 1.807) is 12.1 Å². The van der Waals surface area contributed by atoms with E-state index in [0.29, 0.717) is 0 Å². The Hall–Kier alpha value is -1.83. The molecule has 0 aromatic heterocycles. The second kappa shape index (κ2) is 4.35. The van der Waals surface area contributed by atoms with Gasteiger partial charge in [-0.15, -0.1) is 0 Å². The summed E-state index contributed by atoms with van der Waals surface area (Å²) in [6.07, 6.45) is 0.744. The Balaban J connectivity index is 2.26. The summed E-state index contributed by atoms with van der Waals surface area (Å²) in [5.74, 6) is -0.207. The number of aryl methyl sites for hydroxylation is 1. The summed E-state index contributed by atoms with van der Waals surface area (Å²) < 4.78 is 12.7. The van der Waals surface area contributed by atoms with Gasteiger partial charge in [0, 0.05) is 5.69 Å². The van der Waals surface area contributed by atoms with Crippen molar-refractivity contribution in [3.05, 3.63) is 65.0 Å². The van der Waals surface area contributed by atoms with Crippen LogP contribution in [0.2, 0.25) is 0 Å². The van der Waals surface area contributed by atoms with Crippen molar-refractivity contribution in [2.24, 2.45) is 0 Å². The highest BCUT2D eigenvalue weighted by Gasteiger charge is 2.01. The minimum Gasteiger partial charge on any atom is -0.398 e. The molecule has 2 aromatic rings. The molecule has 16 heavy (non-hydrogen) atoms. The van der Waals surface area contributed by atoms with Crippen molar-refractivity contribution in [2.45, 2.75) is 13.3 Å². The molecule has 2 heteroatoms. The summed E-state index contributed by atoms with van der Waals surface area (Å²) in [6, 6.07) is 12.5. The number of benzene rings is 2. The van der Waals surface area contributed by atoms with Gasteiger partial charge in [0.25, 0.3) is 0 Å². The molecule has 0 aliphatic heterocycles. The molecule has 0 bridgehead atoms. The first-order valence-electron chi connectivity index (χ1n) is 5.24. The lowest BCUT2D eigenvalue weighted by molar-refractivity contribution is 0.627. The van der Waals surface area contributed by atoms with Gasteiger partial charge < -0.3 is 5.73 Å². The summed E-state index contributed by atoms with van der Waals surface area (Å²) in [5, 5.41) is 0. The van der Waals surface area contributed by atoms with Gasteiger partial charge in [0.2, 0.25) is 0 Å². The fourth-order valence-electron chi connectivity index (χ4n) is 1.71. The van der Waals surface area contributed by atoms with Gasteiger partial charge in [-0.2, -0.15) is 0 Å². The third-order valence-corrected chi connectivity index (χ3v) is 2.61. The molecular formula is C14H14FN. The molecule has 1 nitrogen and oxygen atoms in total. The molecule has 0 saturated carbocycles. The lowest BCUT2D eigenvalue weighted by Crippen LogP contribution is -1.96. The summed E-state index contributed by atoms with van der Waals surface area (Å²) in [6.45, 7) is 2.04. The third-order valence-electron chi connectivity index (χ3n) is 2.61. The highest BCUT2D eigenvalue weighted by molar-refractivity contribution is 5.50. The van der Waals surface area contributed by atoms with Crippen LogP contribution < -0.4 is 5.73 Å². The van der Waals surface area contributed by atoms with Crippen molar-refractivity contribution >= 4 is 5.69 Å². The Morgan fingerprint density at radius 3 is 2.44 bits per heavy atom. The fourth-order valence-corrected chi connectivity index (χ4v) is 1.71. The van der Waals surface area contributed by atoms with Crippen LogP contribution in [0.4, 0.5) is 10.1 Å². The Bertz CT molecular complexity index is 489. The van der Waals surface area contributed by atoms with Crippen LogP contribution in [0.3, 0.4) is 0 Å². The second-order valence-electron chi connectivity index (χ2n) is 4.01. The third kappa shape index (κ3) is 2.40. The predicted octanol–water partition coefficient (Wildman–Crippen LogP) is 3.31. The van der Waals surface area contributed by atoms with E-state index in [1.807, 2.05) is 19.1 Å². The smallest absolute Gasteiger partial charge is 0.123 e. The van der Waals surface area contributed by atoms with E-state index in [9.17, 15) is 4.39 Å². The van der Waals surface area contributed by atoms with Crippen LogP contribution in [-0.4, -0.2) is 0 Å². The average Bonchev–Trinajstić information content (AvgIpc) is 2.27. The number of hydrogen-bond acceptors (Lipinski definition) is 1. The molecule has 82 valence electrons. The minimum absolute atomic E-state index is 0.207. The lowest BCUT2D eigenvalue weighted by atomic mass is 10.0. The van der Waals surface area contributed by atoms with Crippen molar-refractivity contribution in [2.75, 3.05) is 5.73 Å². The quantitative estimate of drug-likeness (QED) is 0.764. The normalized spacial score (nSPS) is 10.4. The first kappa shape index (κ1) is 10.7. The van der Waals surface area contributed by atoms with Gasteiger partial charge in [-0.25, -0.2) is 4.39 Å². The number of nitrogens with two attached hydrogens (primary N) is 1. The first-order chi connectivity index (χ1) is 7.65. The van der Waals surface area contributed by atoms with Gasteiger partial charge in [-0.05, 0) is 42.7 Å². The Labute approximate surface area is 94.7 Å².